The van der Waals surface area contributed by atoms with Crippen LogP contribution in [0.5, 0.6) is 0 Å². The van der Waals surface area contributed by atoms with Crippen LogP contribution >= 0.6 is 22.7 Å². The summed E-state index contributed by atoms with van der Waals surface area (Å²) in [5, 5.41) is 23.3. The number of benzene rings is 2. The second kappa shape index (κ2) is 19.8. The van der Waals surface area contributed by atoms with Crippen LogP contribution in [0.1, 0.15) is 13.8 Å². The smallest absolute Gasteiger partial charge is 0.408 e. The molecular formula is C30H40N8O6S3. The SMILES string of the molecule is CC[n+]1ccsc1N=Nc1ccc(N(C)CCOCCOCCN(C)c2ccc(N=Nc3scc[n+]3CC)cc2)cc1.O=S(=O)([O-])[O-]. The molecule has 0 aliphatic rings. The number of thiazole rings is 2. The molecule has 0 unspecified atom stereocenters. The monoisotopic (exact) mass is 704 g/mol. The Hall–Kier alpha value is -3.71. The van der Waals surface area contributed by atoms with Gasteiger partial charge in [0.2, 0.25) is 0 Å². The first-order valence-corrected chi connectivity index (χ1v) is 17.9. The Balaban J connectivity index is 0.00000111. The lowest BCUT2D eigenvalue weighted by Crippen LogP contribution is -2.28. The molecule has 0 radical (unpaired) electrons. The molecule has 2 heterocycles. The van der Waals surface area contributed by atoms with E-state index in [0.717, 1.165) is 59.2 Å². The molecule has 0 atom stereocenters. The molecule has 47 heavy (non-hydrogen) atoms. The Kier molecular flexibility index (Phi) is 15.9. The predicted octanol–water partition coefficient (Wildman–Crippen LogP) is 5.52. The van der Waals surface area contributed by atoms with Crippen molar-refractivity contribution in [3.63, 3.8) is 0 Å². The van der Waals surface area contributed by atoms with E-state index in [2.05, 4.69) is 91.6 Å². The van der Waals surface area contributed by atoms with E-state index >= 15 is 0 Å². The maximum atomic E-state index is 8.52. The molecule has 0 bridgehead atoms. The van der Waals surface area contributed by atoms with E-state index in [4.69, 9.17) is 27.0 Å². The third kappa shape index (κ3) is 14.3. The molecule has 14 nitrogen and oxygen atoms in total. The maximum Gasteiger partial charge on any atom is 0.408 e. The van der Waals surface area contributed by atoms with Gasteiger partial charge in [-0.05, 0) is 95.3 Å². The van der Waals surface area contributed by atoms with Crippen LogP contribution in [-0.4, -0.2) is 71.1 Å². The summed E-state index contributed by atoms with van der Waals surface area (Å²) < 4.78 is 49.8. The Morgan fingerprint density at radius 1 is 0.660 bits per heavy atom. The summed E-state index contributed by atoms with van der Waals surface area (Å²) in [6.45, 7) is 9.93. The minimum absolute atomic E-state index is 0.569. The number of likely N-dealkylation sites (N-methyl/N-ethyl adjacent to an activating group) is 2. The normalized spacial score (nSPS) is 11.6. The molecular weight excluding hydrogens is 665 g/mol. The number of anilines is 2. The van der Waals surface area contributed by atoms with E-state index in [9.17, 15) is 0 Å². The van der Waals surface area contributed by atoms with Gasteiger partial charge in [-0.25, -0.2) is 9.13 Å². The van der Waals surface area contributed by atoms with E-state index in [1.165, 1.54) is 0 Å². The lowest BCUT2D eigenvalue weighted by atomic mass is 10.2. The zero-order valence-corrected chi connectivity index (χ0v) is 29.3. The molecule has 254 valence electrons. The van der Waals surface area contributed by atoms with Crippen LogP contribution in [0.3, 0.4) is 0 Å². The summed E-state index contributed by atoms with van der Waals surface area (Å²) >= 11 is 3.17. The fourth-order valence-corrected chi connectivity index (χ4v) is 5.45. The molecule has 0 spiro atoms. The van der Waals surface area contributed by atoms with Crippen molar-refractivity contribution >= 4 is 66.1 Å². The molecule has 0 aliphatic heterocycles. The Labute approximate surface area is 283 Å². The zero-order valence-electron chi connectivity index (χ0n) is 26.8. The third-order valence-corrected chi connectivity index (χ3v) is 8.17. The summed E-state index contributed by atoms with van der Waals surface area (Å²) in [7, 11) is -1.05. The standard InChI is InChI=1S/C30H40N8O2S2.H2O4S/c1-5-37-17-23-41-29(37)33-31-25-7-11-27(12-8-25)35(3)15-19-39-21-22-40-20-16-36(4)28-13-9-26(10-14-28)32-34-30-38(6-2)18-24-42-30;1-5(2,3)4/h7-14,17-18,23-24H,5-6,15-16,19-22H2,1-4H3;(H2,1,2,3,4)/q+2;/p-2. The van der Waals surface area contributed by atoms with Crippen molar-refractivity contribution in [1.82, 2.24) is 0 Å². The van der Waals surface area contributed by atoms with Crippen LogP contribution in [0.25, 0.3) is 0 Å². The molecule has 0 saturated heterocycles. The first-order valence-electron chi connectivity index (χ1n) is 14.8. The van der Waals surface area contributed by atoms with Crippen LogP contribution in [0, 0.1) is 0 Å². The fraction of sp³-hybridized carbons (Fsp3) is 0.400. The van der Waals surface area contributed by atoms with Gasteiger partial charge in [0.05, 0.1) is 49.7 Å². The highest BCUT2D eigenvalue weighted by atomic mass is 32.3. The van der Waals surface area contributed by atoms with Gasteiger partial charge < -0.3 is 28.4 Å². The highest BCUT2D eigenvalue weighted by molar-refractivity contribution is 7.79. The molecule has 0 aliphatic carbocycles. The number of rotatable bonds is 17. The van der Waals surface area contributed by atoms with Gasteiger partial charge in [0, 0.05) is 59.7 Å². The van der Waals surface area contributed by atoms with Crippen LogP contribution < -0.4 is 18.9 Å². The van der Waals surface area contributed by atoms with E-state index in [0.29, 0.717) is 26.4 Å². The number of ether oxygens (including phenoxy) is 2. The van der Waals surface area contributed by atoms with Crippen molar-refractivity contribution < 1.29 is 36.1 Å². The first-order chi connectivity index (χ1) is 22.6. The van der Waals surface area contributed by atoms with Crippen molar-refractivity contribution in [2.75, 3.05) is 63.4 Å². The van der Waals surface area contributed by atoms with Crippen LogP contribution in [0.15, 0.2) is 92.1 Å². The summed E-state index contributed by atoms with van der Waals surface area (Å²) in [5.74, 6) is 0. The summed E-state index contributed by atoms with van der Waals surface area (Å²) in [6, 6.07) is 16.2. The number of hydrogen-bond acceptors (Lipinski definition) is 14. The zero-order chi connectivity index (χ0) is 34.1. The lowest BCUT2D eigenvalue weighted by molar-refractivity contribution is -0.677. The van der Waals surface area contributed by atoms with Gasteiger partial charge in [0.15, 0.2) is 0 Å². The van der Waals surface area contributed by atoms with Crippen molar-refractivity contribution in [2.45, 2.75) is 26.9 Å². The summed E-state index contributed by atoms with van der Waals surface area (Å²) in [6.07, 6.45) is 4.04. The Morgan fingerprint density at radius 3 is 1.36 bits per heavy atom. The highest BCUT2D eigenvalue weighted by Crippen LogP contribution is 2.23. The van der Waals surface area contributed by atoms with E-state index in [1.54, 1.807) is 22.7 Å². The number of hydrogen-bond donors (Lipinski definition) is 0. The summed E-state index contributed by atoms with van der Waals surface area (Å²) in [4.78, 5) is 4.33. The minimum atomic E-state index is -5.17. The number of nitrogens with zero attached hydrogens (tertiary/aromatic N) is 8. The Bertz CT molecular complexity index is 1530. The third-order valence-electron chi connectivity index (χ3n) is 6.60. The quantitative estimate of drug-likeness (QED) is 0.0456. The van der Waals surface area contributed by atoms with Gasteiger partial charge in [-0.15, -0.1) is 0 Å². The molecule has 0 amide bonds. The number of azo groups is 2. The van der Waals surface area contributed by atoms with Crippen molar-refractivity contribution in [3.05, 3.63) is 71.7 Å². The topological polar surface area (TPSA) is 162 Å². The molecule has 17 heteroatoms. The first kappa shape index (κ1) is 37.7. The largest absolute Gasteiger partial charge is 0.759 e. The highest BCUT2D eigenvalue weighted by Gasteiger charge is 2.11. The average Bonchev–Trinajstić information content (AvgIpc) is 3.72. The van der Waals surface area contributed by atoms with Crippen LogP contribution in [0.2, 0.25) is 0 Å². The van der Waals surface area contributed by atoms with Crippen molar-refractivity contribution in [3.8, 4) is 0 Å². The van der Waals surface area contributed by atoms with Crippen molar-refractivity contribution in [1.29, 1.82) is 0 Å². The molecule has 2 aromatic heterocycles. The van der Waals surface area contributed by atoms with E-state index in [-0.39, 0.29) is 0 Å². The van der Waals surface area contributed by atoms with Crippen molar-refractivity contribution in [2.24, 2.45) is 20.5 Å². The molecule has 0 N–H and O–H groups in total. The average molecular weight is 705 g/mol. The molecule has 2 aromatic carbocycles. The van der Waals surface area contributed by atoms with Crippen LogP contribution in [0.4, 0.5) is 33.0 Å². The predicted molar refractivity (Wildman–Crippen MR) is 180 cm³/mol. The van der Waals surface area contributed by atoms with Gasteiger partial charge in [-0.1, -0.05) is 0 Å². The van der Waals surface area contributed by atoms with Gasteiger partial charge >= 0.3 is 10.3 Å². The summed E-state index contributed by atoms with van der Waals surface area (Å²) in [5.41, 5.74) is 3.89. The molecule has 0 fully saturated rings. The number of aryl methyl sites for hydroxylation is 2. The number of aromatic nitrogens is 2. The van der Waals surface area contributed by atoms with Gasteiger partial charge in [-0.2, -0.15) is 0 Å². The Morgan fingerprint density at radius 2 is 1.02 bits per heavy atom. The molecule has 4 rings (SSSR count). The van der Waals surface area contributed by atoms with Gasteiger partial charge in [-0.3, -0.25) is 8.42 Å². The molecule has 0 saturated carbocycles. The van der Waals surface area contributed by atoms with E-state index < -0.39 is 10.4 Å². The molecule has 4 aromatic rings. The second-order valence-electron chi connectivity index (χ2n) is 9.85. The van der Waals surface area contributed by atoms with Gasteiger partial charge in [0.1, 0.15) is 23.8 Å². The fourth-order valence-electron chi connectivity index (χ4n) is 3.97. The minimum Gasteiger partial charge on any atom is -0.759 e. The van der Waals surface area contributed by atoms with Crippen LogP contribution in [-0.2, 0) is 33.0 Å². The lowest BCUT2D eigenvalue weighted by Gasteiger charge is -2.20. The van der Waals surface area contributed by atoms with E-state index in [1.807, 2.05) is 47.4 Å². The van der Waals surface area contributed by atoms with Gasteiger partial charge in [0.25, 0.3) is 0 Å². The second-order valence-corrected chi connectivity index (χ2v) is 12.4. The maximum absolute atomic E-state index is 8.52.